The second-order valence-electron chi connectivity index (χ2n) is 8.63. The number of benzene rings is 2. The highest BCUT2D eigenvalue weighted by Crippen LogP contribution is 2.39. The van der Waals surface area contributed by atoms with Crippen LogP contribution in [-0.2, 0) is 11.4 Å². The third-order valence-corrected chi connectivity index (χ3v) is 7.72. The number of ether oxygens (including phenoxy) is 1. The van der Waals surface area contributed by atoms with Gasteiger partial charge in [0.2, 0.25) is 5.13 Å². The summed E-state index contributed by atoms with van der Waals surface area (Å²) in [6.45, 7) is 2.58. The summed E-state index contributed by atoms with van der Waals surface area (Å²) in [6.07, 6.45) is 9.30. The minimum Gasteiger partial charge on any atom is -0.489 e. The highest BCUT2D eigenvalue weighted by Gasteiger charge is 2.38. The minimum atomic E-state index is 0.0400. The Kier molecular flexibility index (Phi) is 7.11. The van der Waals surface area contributed by atoms with Crippen LogP contribution in [0.1, 0.15) is 48.8 Å². The molecule has 1 aromatic heterocycles. The Morgan fingerprint density at radius 1 is 1.15 bits per heavy atom. The average Bonchev–Trinajstić information content (AvgIpc) is 3.47. The smallest absolute Gasteiger partial charge is 0.267 e. The van der Waals surface area contributed by atoms with Gasteiger partial charge < -0.3 is 4.74 Å². The first kappa shape index (κ1) is 22.9. The van der Waals surface area contributed by atoms with E-state index in [-0.39, 0.29) is 11.9 Å². The zero-order chi connectivity index (χ0) is 23.3. The van der Waals surface area contributed by atoms with E-state index in [4.69, 9.17) is 9.73 Å². The number of carbonyl (C=O) groups excluding carboxylic acids is 1. The van der Waals surface area contributed by atoms with Crippen molar-refractivity contribution in [3.8, 4) is 5.75 Å². The molecular formula is C27H27N3O2S2. The van der Waals surface area contributed by atoms with Gasteiger partial charge in [0, 0.05) is 17.6 Å². The lowest BCUT2D eigenvalue weighted by Crippen LogP contribution is -2.40. The second-order valence-corrected chi connectivity index (χ2v) is 10.5. The number of carbonyl (C=O) groups is 1. The van der Waals surface area contributed by atoms with E-state index >= 15 is 0 Å². The van der Waals surface area contributed by atoms with Crippen molar-refractivity contribution in [2.24, 2.45) is 4.99 Å². The SMILES string of the molecule is Cc1ccc(COc2cccc(/C=C3\S/C(=N/c4nccs4)N(C4CCCCC4)C3=O)c2)cc1. The fourth-order valence-corrected chi connectivity index (χ4v) is 5.88. The molecule has 2 fully saturated rings. The summed E-state index contributed by atoms with van der Waals surface area (Å²) in [6, 6.07) is 16.4. The van der Waals surface area contributed by atoms with E-state index in [9.17, 15) is 4.79 Å². The van der Waals surface area contributed by atoms with E-state index < -0.39 is 0 Å². The highest BCUT2D eigenvalue weighted by molar-refractivity contribution is 8.18. The van der Waals surface area contributed by atoms with Crippen LogP contribution in [0.3, 0.4) is 0 Å². The molecule has 1 saturated carbocycles. The van der Waals surface area contributed by atoms with E-state index in [1.54, 1.807) is 6.20 Å². The van der Waals surface area contributed by atoms with Gasteiger partial charge in [-0.25, -0.2) is 4.98 Å². The second kappa shape index (κ2) is 10.6. The summed E-state index contributed by atoms with van der Waals surface area (Å²) < 4.78 is 6.01. The number of thioether (sulfide) groups is 1. The molecule has 0 unspecified atom stereocenters. The van der Waals surface area contributed by atoms with Crippen LogP contribution in [0.2, 0.25) is 0 Å². The quantitative estimate of drug-likeness (QED) is 0.351. The molecule has 34 heavy (non-hydrogen) atoms. The molecule has 5 nitrogen and oxygen atoms in total. The number of hydrogen-bond acceptors (Lipinski definition) is 6. The van der Waals surface area contributed by atoms with Gasteiger partial charge >= 0.3 is 0 Å². The fourth-order valence-electron chi connectivity index (χ4n) is 4.28. The molecule has 2 aliphatic rings. The number of amides is 1. The first-order chi connectivity index (χ1) is 16.7. The predicted molar refractivity (Wildman–Crippen MR) is 140 cm³/mol. The molecule has 1 aliphatic carbocycles. The molecule has 5 rings (SSSR count). The Morgan fingerprint density at radius 2 is 1.97 bits per heavy atom. The standard InChI is InChI=1S/C27H27N3O2S2/c1-19-10-12-20(13-11-19)18-32-23-9-5-6-21(16-23)17-24-25(31)30(22-7-3-2-4-8-22)27(34-24)29-26-28-14-15-33-26/h5-6,9-17,22H,2-4,7-8,18H2,1H3/b24-17-,29-27+. The number of hydrogen-bond donors (Lipinski definition) is 0. The van der Waals surface area contributed by atoms with Gasteiger partial charge in [-0.2, -0.15) is 4.99 Å². The number of nitrogens with zero attached hydrogens (tertiary/aromatic N) is 3. The van der Waals surface area contributed by atoms with Crippen LogP contribution in [0.15, 0.2) is 70.0 Å². The molecule has 1 aliphatic heterocycles. The van der Waals surface area contributed by atoms with Gasteiger partial charge in [0.05, 0.1) is 4.91 Å². The Bertz CT molecular complexity index is 1200. The number of aromatic nitrogens is 1. The average molecular weight is 490 g/mol. The van der Waals surface area contributed by atoms with Gasteiger partial charge in [0.25, 0.3) is 5.91 Å². The van der Waals surface area contributed by atoms with Gasteiger partial charge in [-0.15, -0.1) is 11.3 Å². The lowest BCUT2D eigenvalue weighted by atomic mass is 9.94. The lowest BCUT2D eigenvalue weighted by Gasteiger charge is -2.30. The number of aryl methyl sites for hydroxylation is 1. The molecule has 174 valence electrons. The van der Waals surface area contributed by atoms with Crippen molar-refractivity contribution in [3.05, 3.63) is 81.7 Å². The summed E-state index contributed by atoms with van der Waals surface area (Å²) in [4.78, 5) is 25.1. The minimum absolute atomic E-state index is 0.0400. The van der Waals surface area contributed by atoms with E-state index in [0.717, 1.165) is 47.7 Å². The Labute approximate surface area is 208 Å². The Morgan fingerprint density at radius 3 is 2.74 bits per heavy atom. The molecule has 2 aromatic carbocycles. The molecule has 7 heteroatoms. The third-order valence-electron chi connectivity index (χ3n) is 6.07. The largest absolute Gasteiger partial charge is 0.489 e. The van der Waals surface area contributed by atoms with Crippen molar-refractivity contribution in [1.82, 2.24) is 9.88 Å². The van der Waals surface area contributed by atoms with Crippen LogP contribution in [0, 0.1) is 6.92 Å². The van der Waals surface area contributed by atoms with Gasteiger partial charge in [-0.05, 0) is 60.9 Å². The molecule has 0 spiro atoms. The maximum absolute atomic E-state index is 13.5. The van der Waals surface area contributed by atoms with Crippen molar-refractivity contribution in [3.63, 3.8) is 0 Å². The normalized spacial score (nSPS) is 19.3. The first-order valence-corrected chi connectivity index (χ1v) is 13.3. The van der Waals surface area contributed by atoms with Gasteiger partial charge in [0.15, 0.2) is 5.17 Å². The van der Waals surface area contributed by atoms with Crippen molar-refractivity contribution < 1.29 is 9.53 Å². The topological polar surface area (TPSA) is 54.8 Å². The van der Waals surface area contributed by atoms with Crippen molar-refractivity contribution in [2.75, 3.05) is 0 Å². The summed E-state index contributed by atoms with van der Waals surface area (Å²) in [5, 5.41) is 3.33. The number of rotatable bonds is 6. The number of amidine groups is 1. The van der Waals surface area contributed by atoms with Crippen LogP contribution in [0.25, 0.3) is 6.08 Å². The molecule has 1 amide bonds. The van der Waals surface area contributed by atoms with E-state index in [1.807, 2.05) is 40.6 Å². The van der Waals surface area contributed by atoms with Crippen LogP contribution in [0.4, 0.5) is 5.13 Å². The van der Waals surface area contributed by atoms with Crippen molar-refractivity contribution >= 4 is 45.4 Å². The summed E-state index contributed by atoms with van der Waals surface area (Å²) in [7, 11) is 0. The Balaban J connectivity index is 1.36. The monoisotopic (exact) mass is 489 g/mol. The first-order valence-electron chi connectivity index (χ1n) is 11.7. The molecule has 0 bridgehead atoms. The molecular weight excluding hydrogens is 462 g/mol. The summed E-state index contributed by atoms with van der Waals surface area (Å²) in [5.74, 6) is 0.823. The number of thiazole rings is 1. The van der Waals surface area contributed by atoms with Crippen molar-refractivity contribution in [1.29, 1.82) is 0 Å². The molecule has 2 heterocycles. The molecule has 0 atom stereocenters. The van der Waals surface area contributed by atoms with Gasteiger partial charge in [0.1, 0.15) is 12.4 Å². The van der Waals surface area contributed by atoms with Crippen molar-refractivity contribution in [2.45, 2.75) is 51.7 Å². The molecule has 0 N–H and O–H groups in total. The molecule has 1 saturated heterocycles. The fraction of sp³-hybridized carbons (Fsp3) is 0.296. The maximum atomic E-state index is 13.5. The summed E-state index contributed by atoms with van der Waals surface area (Å²) >= 11 is 2.93. The zero-order valence-electron chi connectivity index (χ0n) is 19.1. The maximum Gasteiger partial charge on any atom is 0.267 e. The predicted octanol–water partition coefficient (Wildman–Crippen LogP) is 6.97. The van der Waals surface area contributed by atoms with E-state index in [2.05, 4.69) is 36.2 Å². The highest BCUT2D eigenvalue weighted by atomic mass is 32.2. The van der Waals surface area contributed by atoms with Crippen LogP contribution in [-0.4, -0.2) is 27.0 Å². The zero-order valence-corrected chi connectivity index (χ0v) is 20.8. The van der Waals surface area contributed by atoms with Crippen LogP contribution in [0.5, 0.6) is 5.75 Å². The van der Waals surface area contributed by atoms with Gasteiger partial charge in [-0.3, -0.25) is 9.69 Å². The molecule has 0 radical (unpaired) electrons. The molecule has 3 aromatic rings. The number of aliphatic imine (C=N–C) groups is 1. The Hall–Kier alpha value is -2.90. The third kappa shape index (κ3) is 5.42. The summed E-state index contributed by atoms with van der Waals surface area (Å²) in [5.41, 5.74) is 3.30. The lowest BCUT2D eigenvalue weighted by molar-refractivity contribution is -0.124. The van der Waals surface area contributed by atoms with Gasteiger partial charge in [-0.1, -0.05) is 61.2 Å². The van der Waals surface area contributed by atoms with E-state index in [0.29, 0.717) is 16.6 Å². The van der Waals surface area contributed by atoms with Crippen LogP contribution < -0.4 is 4.74 Å². The van der Waals surface area contributed by atoms with Crippen LogP contribution >= 0.6 is 23.1 Å². The van der Waals surface area contributed by atoms with E-state index in [1.165, 1.54) is 35.1 Å².